The van der Waals surface area contributed by atoms with E-state index in [1.165, 1.54) is 22.6 Å². The number of benzene rings is 1. The number of ether oxygens (including phenoxy) is 1. The Morgan fingerprint density at radius 2 is 2.04 bits per heavy atom. The Morgan fingerprint density at radius 3 is 2.81 bits per heavy atom. The van der Waals surface area contributed by atoms with Crippen LogP contribution in [-0.4, -0.2) is 21.1 Å². The van der Waals surface area contributed by atoms with Crippen molar-refractivity contribution in [3.63, 3.8) is 0 Å². The second-order valence-corrected chi connectivity index (χ2v) is 6.50. The Balaban J connectivity index is 1.79. The predicted molar refractivity (Wildman–Crippen MR) is 93.6 cm³/mol. The predicted octanol–water partition coefficient (Wildman–Crippen LogP) is 3.67. The molecule has 0 fully saturated rings. The zero-order valence-electron chi connectivity index (χ0n) is 13.7. The average Bonchev–Trinajstić information content (AvgIpc) is 2.60. The molecule has 0 aliphatic carbocycles. The minimum absolute atomic E-state index is 0.0472. The monoisotopic (exact) mass is 376 g/mol. The molecule has 0 saturated heterocycles. The fourth-order valence-electron chi connectivity index (χ4n) is 2.38. The number of nitrogens with zero attached hydrogens (tertiary/aromatic N) is 2. The topological polar surface area (TPSA) is 60.7 Å². The number of alkyl halides is 2. The Hall–Kier alpha value is -2.74. The van der Waals surface area contributed by atoms with Crippen molar-refractivity contribution in [2.45, 2.75) is 24.2 Å². The first-order valence-corrected chi connectivity index (χ1v) is 8.52. The van der Waals surface area contributed by atoms with Gasteiger partial charge in [0.25, 0.3) is 11.3 Å². The van der Waals surface area contributed by atoms with Gasteiger partial charge >= 0.3 is 5.97 Å². The maximum Gasteiger partial charge on any atom is 0.339 e. The minimum atomic E-state index is -2.64. The highest BCUT2D eigenvalue weighted by Gasteiger charge is 2.16. The number of rotatable bonds is 5. The summed E-state index contributed by atoms with van der Waals surface area (Å²) in [5.41, 5.74) is 1.38. The van der Waals surface area contributed by atoms with E-state index in [-0.39, 0.29) is 40.1 Å². The highest BCUT2D eigenvalue weighted by molar-refractivity contribution is 7.99. The van der Waals surface area contributed by atoms with Gasteiger partial charge in [0.1, 0.15) is 12.3 Å². The molecule has 0 amide bonds. The molecule has 0 N–H and O–H groups in total. The van der Waals surface area contributed by atoms with E-state index in [1.54, 1.807) is 24.4 Å². The zero-order valence-corrected chi connectivity index (χ0v) is 14.5. The summed E-state index contributed by atoms with van der Waals surface area (Å²) in [5.74, 6) is -3.39. The summed E-state index contributed by atoms with van der Waals surface area (Å²) in [6.45, 7) is 1.63. The van der Waals surface area contributed by atoms with Crippen molar-refractivity contribution < 1.29 is 18.3 Å². The summed E-state index contributed by atoms with van der Waals surface area (Å²) in [6, 6.07) is 10.8. The number of esters is 1. The van der Waals surface area contributed by atoms with Crippen LogP contribution in [0.1, 0.15) is 21.6 Å². The van der Waals surface area contributed by atoms with Gasteiger partial charge in [0.2, 0.25) is 0 Å². The van der Waals surface area contributed by atoms with Gasteiger partial charge in [-0.25, -0.2) is 9.78 Å². The third kappa shape index (κ3) is 4.08. The van der Waals surface area contributed by atoms with Crippen LogP contribution in [-0.2, 0) is 11.3 Å². The van der Waals surface area contributed by atoms with Crippen LogP contribution in [0.15, 0.2) is 58.4 Å². The molecule has 2 heterocycles. The molecule has 1 aromatic carbocycles. The van der Waals surface area contributed by atoms with Crippen LogP contribution in [0.25, 0.3) is 5.65 Å². The molecular weight excluding hydrogens is 362 g/mol. The van der Waals surface area contributed by atoms with Crippen molar-refractivity contribution >= 4 is 23.4 Å². The fourth-order valence-corrected chi connectivity index (χ4v) is 3.01. The number of hydrogen-bond acceptors (Lipinski definition) is 5. The quantitative estimate of drug-likeness (QED) is 0.502. The first-order valence-electron chi connectivity index (χ1n) is 7.64. The fraction of sp³-hybridized carbons (Fsp3) is 0.167. The normalized spacial score (nSPS) is 11.1. The smallest absolute Gasteiger partial charge is 0.339 e. The second-order valence-electron chi connectivity index (χ2n) is 5.47. The van der Waals surface area contributed by atoms with Crippen molar-refractivity contribution in [2.24, 2.45) is 0 Å². The summed E-state index contributed by atoms with van der Waals surface area (Å²) in [4.78, 5) is 28.8. The number of aryl methyl sites for hydroxylation is 1. The molecule has 2 aromatic heterocycles. The minimum Gasteiger partial charge on any atom is -0.456 e. The van der Waals surface area contributed by atoms with E-state index in [0.717, 1.165) is 5.56 Å². The number of halogens is 2. The molecule has 5 nitrogen and oxygen atoms in total. The summed E-state index contributed by atoms with van der Waals surface area (Å²) in [6.07, 6.45) is 1.66. The molecule has 0 unspecified atom stereocenters. The SMILES string of the molecule is Cc1ccc2nc(COC(=O)c3ccccc3SC(F)F)cc(=O)n2c1. The largest absolute Gasteiger partial charge is 0.456 e. The van der Waals surface area contributed by atoms with Gasteiger partial charge in [-0.2, -0.15) is 8.78 Å². The van der Waals surface area contributed by atoms with Crippen molar-refractivity contribution in [1.29, 1.82) is 0 Å². The lowest BCUT2D eigenvalue weighted by Gasteiger charge is -2.09. The van der Waals surface area contributed by atoms with Gasteiger partial charge in [-0.05, 0) is 30.7 Å². The van der Waals surface area contributed by atoms with E-state index in [9.17, 15) is 18.4 Å². The van der Waals surface area contributed by atoms with Crippen LogP contribution < -0.4 is 5.56 Å². The van der Waals surface area contributed by atoms with Gasteiger partial charge in [0.05, 0.1) is 11.3 Å². The highest BCUT2D eigenvalue weighted by atomic mass is 32.2. The number of carbonyl (C=O) groups is 1. The molecule has 3 rings (SSSR count). The van der Waals surface area contributed by atoms with Gasteiger partial charge in [-0.15, -0.1) is 0 Å². The number of thioether (sulfide) groups is 1. The van der Waals surface area contributed by atoms with E-state index in [4.69, 9.17) is 4.74 Å². The third-order valence-electron chi connectivity index (χ3n) is 3.53. The van der Waals surface area contributed by atoms with Crippen molar-refractivity contribution in [2.75, 3.05) is 0 Å². The number of carbonyl (C=O) groups excluding carboxylic acids is 1. The Bertz CT molecular complexity index is 1020. The Kier molecular flexibility index (Phi) is 5.32. The van der Waals surface area contributed by atoms with Gasteiger partial charge in [-0.3, -0.25) is 9.20 Å². The van der Waals surface area contributed by atoms with Crippen LogP contribution in [0.2, 0.25) is 0 Å². The van der Waals surface area contributed by atoms with Gasteiger partial charge in [0.15, 0.2) is 0 Å². The van der Waals surface area contributed by atoms with E-state index in [1.807, 2.05) is 13.0 Å². The molecular formula is C18H14F2N2O3S. The van der Waals surface area contributed by atoms with Crippen molar-refractivity contribution in [1.82, 2.24) is 9.38 Å². The molecule has 0 spiro atoms. The van der Waals surface area contributed by atoms with Gasteiger partial charge in [-0.1, -0.05) is 30.0 Å². The van der Waals surface area contributed by atoms with Gasteiger partial charge < -0.3 is 4.74 Å². The second kappa shape index (κ2) is 7.65. The Morgan fingerprint density at radius 1 is 1.27 bits per heavy atom. The molecule has 0 bridgehead atoms. The third-order valence-corrected chi connectivity index (χ3v) is 4.32. The summed E-state index contributed by atoms with van der Waals surface area (Å²) in [7, 11) is 0. The molecule has 0 aliphatic heterocycles. The molecule has 0 radical (unpaired) electrons. The molecule has 0 aliphatic rings. The zero-order chi connectivity index (χ0) is 18.7. The van der Waals surface area contributed by atoms with E-state index >= 15 is 0 Å². The van der Waals surface area contributed by atoms with E-state index in [2.05, 4.69) is 4.98 Å². The molecule has 134 valence electrons. The van der Waals surface area contributed by atoms with E-state index in [0.29, 0.717) is 5.65 Å². The maximum absolute atomic E-state index is 12.6. The van der Waals surface area contributed by atoms with Crippen molar-refractivity contribution in [3.05, 3.63) is 75.8 Å². The first-order chi connectivity index (χ1) is 12.4. The highest BCUT2D eigenvalue weighted by Crippen LogP contribution is 2.28. The molecule has 8 heteroatoms. The standard InChI is InChI=1S/C18H14F2N2O3S/c1-11-6-7-15-21-12(8-16(23)22(15)9-11)10-25-17(24)13-4-2-3-5-14(13)26-18(19)20/h2-9,18H,10H2,1H3. The number of pyridine rings is 1. The summed E-state index contributed by atoms with van der Waals surface area (Å²) < 4.78 is 31.8. The van der Waals surface area contributed by atoms with Crippen LogP contribution in [0.4, 0.5) is 8.78 Å². The summed E-state index contributed by atoms with van der Waals surface area (Å²) in [5, 5.41) is 0. The van der Waals surface area contributed by atoms with Crippen LogP contribution in [0.3, 0.4) is 0 Å². The number of fused-ring (bicyclic) bond motifs is 1. The van der Waals surface area contributed by atoms with Crippen LogP contribution in [0, 0.1) is 6.92 Å². The number of aromatic nitrogens is 2. The van der Waals surface area contributed by atoms with Gasteiger partial charge in [0, 0.05) is 17.2 Å². The lowest BCUT2D eigenvalue weighted by atomic mass is 10.2. The van der Waals surface area contributed by atoms with Crippen LogP contribution in [0.5, 0.6) is 0 Å². The van der Waals surface area contributed by atoms with E-state index < -0.39 is 11.7 Å². The molecule has 26 heavy (non-hydrogen) atoms. The first kappa shape index (κ1) is 18.1. The molecule has 0 atom stereocenters. The van der Waals surface area contributed by atoms with Crippen molar-refractivity contribution in [3.8, 4) is 0 Å². The molecule has 3 aromatic rings. The Labute approximate surface area is 151 Å². The number of hydrogen-bond donors (Lipinski definition) is 0. The molecule has 0 saturated carbocycles. The lowest BCUT2D eigenvalue weighted by molar-refractivity contribution is 0.0463. The summed E-state index contributed by atoms with van der Waals surface area (Å²) >= 11 is 0.278. The lowest BCUT2D eigenvalue weighted by Crippen LogP contribution is -2.17. The van der Waals surface area contributed by atoms with Crippen LogP contribution >= 0.6 is 11.8 Å². The maximum atomic E-state index is 12.6. The average molecular weight is 376 g/mol.